The van der Waals surface area contributed by atoms with E-state index in [2.05, 4.69) is 0 Å². The topological polar surface area (TPSA) is 17.1 Å². The van der Waals surface area contributed by atoms with E-state index in [0.717, 1.165) is 0 Å². The van der Waals surface area contributed by atoms with E-state index < -0.39 is 0 Å². The lowest BCUT2D eigenvalue weighted by atomic mass is 10.3. The van der Waals surface area contributed by atoms with Gasteiger partial charge >= 0.3 is 0 Å². The maximum absolute atomic E-state index is 10.2. The van der Waals surface area contributed by atoms with Crippen molar-refractivity contribution in [1.29, 1.82) is 0 Å². The Morgan fingerprint density at radius 2 is 1.38 bits per heavy atom. The highest BCUT2D eigenvalue weighted by Gasteiger charge is 1.86. The van der Waals surface area contributed by atoms with E-state index in [1.165, 1.54) is 0 Å². The molecule has 52 valence electrons. The van der Waals surface area contributed by atoms with Gasteiger partial charge in [-0.3, -0.25) is 4.79 Å². The average Bonchev–Trinajstić information content (AvgIpc) is 1.65. The van der Waals surface area contributed by atoms with Crippen LogP contribution in [0, 0.1) is 0 Å². The SMILES string of the molecule is CCC(=O)CC.Cl.Cl. The molecule has 0 bridgehead atoms. The molecular formula is C5H12Cl2O. The highest BCUT2D eigenvalue weighted by atomic mass is 35.5. The van der Waals surface area contributed by atoms with Gasteiger partial charge in [0, 0.05) is 12.8 Å². The summed E-state index contributed by atoms with van der Waals surface area (Å²) in [4.78, 5) is 10.2. The van der Waals surface area contributed by atoms with E-state index in [1.54, 1.807) is 0 Å². The molecule has 0 aliphatic rings. The number of carbonyl (C=O) groups is 1. The van der Waals surface area contributed by atoms with Crippen molar-refractivity contribution >= 4 is 30.6 Å². The molecule has 0 unspecified atom stereocenters. The third kappa shape index (κ3) is 9.54. The van der Waals surface area contributed by atoms with Gasteiger partial charge in [0.1, 0.15) is 5.78 Å². The molecule has 3 heteroatoms. The van der Waals surface area contributed by atoms with Crippen LogP contribution in [-0.4, -0.2) is 5.78 Å². The van der Waals surface area contributed by atoms with E-state index in [9.17, 15) is 4.79 Å². The van der Waals surface area contributed by atoms with Crippen molar-refractivity contribution in [3.05, 3.63) is 0 Å². The minimum absolute atomic E-state index is 0. The zero-order chi connectivity index (χ0) is 4.99. The van der Waals surface area contributed by atoms with Crippen LogP contribution in [0.1, 0.15) is 26.7 Å². The third-order valence-corrected chi connectivity index (χ3v) is 0.789. The second kappa shape index (κ2) is 10.3. The van der Waals surface area contributed by atoms with Gasteiger partial charge in [0.25, 0.3) is 0 Å². The van der Waals surface area contributed by atoms with Crippen LogP contribution in [0.3, 0.4) is 0 Å². The summed E-state index contributed by atoms with van der Waals surface area (Å²) in [6.45, 7) is 3.76. The minimum atomic E-state index is 0. The van der Waals surface area contributed by atoms with Crippen LogP contribution in [0.2, 0.25) is 0 Å². The smallest absolute Gasteiger partial charge is 0.132 e. The predicted octanol–water partition coefficient (Wildman–Crippen LogP) is 2.22. The summed E-state index contributed by atoms with van der Waals surface area (Å²) < 4.78 is 0. The van der Waals surface area contributed by atoms with Crippen LogP contribution >= 0.6 is 24.8 Å². The Balaban J connectivity index is -0.000000125. The number of halogens is 2. The van der Waals surface area contributed by atoms with Gasteiger partial charge in [-0.05, 0) is 0 Å². The van der Waals surface area contributed by atoms with Crippen LogP contribution in [0.4, 0.5) is 0 Å². The van der Waals surface area contributed by atoms with Gasteiger partial charge in [0.15, 0.2) is 0 Å². The maximum atomic E-state index is 10.2. The van der Waals surface area contributed by atoms with E-state index in [-0.39, 0.29) is 24.8 Å². The normalized spacial score (nSPS) is 6.25. The Hall–Kier alpha value is 0.250. The lowest BCUT2D eigenvalue weighted by Crippen LogP contribution is -1.88. The Labute approximate surface area is 62.7 Å². The molecule has 0 rings (SSSR count). The predicted molar refractivity (Wildman–Crippen MR) is 40.1 cm³/mol. The summed E-state index contributed by atoms with van der Waals surface area (Å²) >= 11 is 0. The molecule has 0 aliphatic carbocycles. The lowest BCUT2D eigenvalue weighted by Gasteiger charge is -1.81. The van der Waals surface area contributed by atoms with Crippen LogP contribution in [-0.2, 0) is 4.79 Å². The molecule has 0 saturated heterocycles. The molecule has 0 aliphatic heterocycles. The minimum Gasteiger partial charge on any atom is -0.300 e. The van der Waals surface area contributed by atoms with E-state index in [4.69, 9.17) is 0 Å². The van der Waals surface area contributed by atoms with Crippen LogP contribution in [0.15, 0.2) is 0 Å². The molecular weight excluding hydrogens is 147 g/mol. The van der Waals surface area contributed by atoms with Crippen LogP contribution < -0.4 is 0 Å². The van der Waals surface area contributed by atoms with Gasteiger partial charge in [0.05, 0.1) is 0 Å². The number of ketones is 1. The summed E-state index contributed by atoms with van der Waals surface area (Å²) in [5, 5.41) is 0. The molecule has 0 spiro atoms. The highest BCUT2D eigenvalue weighted by molar-refractivity contribution is 5.85. The molecule has 0 N–H and O–H groups in total. The number of hydrogen-bond donors (Lipinski definition) is 0. The number of rotatable bonds is 2. The standard InChI is InChI=1S/C5H10O.2ClH/c1-3-5(6)4-2;;/h3-4H2,1-2H3;2*1H. The maximum Gasteiger partial charge on any atom is 0.132 e. The van der Waals surface area contributed by atoms with Gasteiger partial charge in [-0.25, -0.2) is 0 Å². The Kier molecular flexibility index (Phi) is 20.2. The van der Waals surface area contributed by atoms with Crippen molar-refractivity contribution in [3.8, 4) is 0 Å². The Morgan fingerprint density at radius 1 is 1.12 bits per heavy atom. The van der Waals surface area contributed by atoms with Gasteiger partial charge in [-0.15, -0.1) is 24.8 Å². The first kappa shape index (κ1) is 15.7. The quantitative estimate of drug-likeness (QED) is 0.603. The van der Waals surface area contributed by atoms with Crippen molar-refractivity contribution in [2.24, 2.45) is 0 Å². The summed E-state index contributed by atoms with van der Waals surface area (Å²) in [5.41, 5.74) is 0. The van der Waals surface area contributed by atoms with Crippen LogP contribution in [0.5, 0.6) is 0 Å². The monoisotopic (exact) mass is 158 g/mol. The fourth-order valence-electron chi connectivity index (χ4n) is 0.250. The van der Waals surface area contributed by atoms with E-state index >= 15 is 0 Å². The largest absolute Gasteiger partial charge is 0.300 e. The van der Waals surface area contributed by atoms with Crippen molar-refractivity contribution in [2.45, 2.75) is 26.7 Å². The zero-order valence-corrected chi connectivity index (χ0v) is 6.77. The first-order chi connectivity index (χ1) is 2.81. The fourth-order valence-corrected chi connectivity index (χ4v) is 0.250. The van der Waals surface area contributed by atoms with E-state index in [1.807, 2.05) is 13.8 Å². The number of hydrogen-bond acceptors (Lipinski definition) is 1. The molecule has 0 amide bonds. The summed E-state index contributed by atoms with van der Waals surface area (Å²) in [7, 11) is 0. The van der Waals surface area contributed by atoms with Crippen molar-refractivity contribution in [1.82, 2.24) is 0 Å². The summed E-state index contributed by atoms with van der Waals surface area (Å²) in [6.07, 6.45) is 1.38. The summed E-state index contributed by atoms with van der Waals surface area (Å²) in [6, 6.07) is 0. The van der Waals surface area contributed by atoms with Crippen molar-refractivity contribution < 1.29 is 4.79 Å². The molecule has 0 aromatic heterocycles. The summed E-state index contributed by atoms with van der Waals surface area (Å²) in [5.74, 6) is 0.343. The zero-order valence-electron chi connectivity index (χ0n) is 5.14. The Bertz CT molecular complexity index is 48.4. The van der Waals surface area contributed by atoms with Crippen LogP contribution in [0.25, 0.3) is 0 Å². The molecule has 0 atom stereocenters. The molecule has 0 fully saturated rings. The fraction of sp³-hybridized carbons (Fsp3) is 0.800. The first-order valence-corrected chi connectivity index (χ1v) is 2.33. The van der Waals surface area contributed by atoms with Gasteiger partial charge in [-0.2, -0.15) is 0 Å². The lowest BCUT2D eigenvalue weighted by molar-refractivity contribution is -0.118. The van der Waals surface area contributed by atoms with Crippen molar-refractivity contribution in [2.75, 3.05) is 0 Å². The van der Waals surface area contributed by atoms with Crippen molar-refractivity contribution in [3.63, 3.8) is 0 Å². The third-order valence-electron chi connectivity index (χ3n) is 0.789. The second-order valence-electron chi connectivity index (χ2n) is 1.25. The molecule has 0 aromatic rings. The molecule has 1 nitrogen and oxygen atoms in total. The van der Waals surface area contributed by atoms with Gasteiger partial charge in [-0.1, -0.05) is 13.8 Å². The average molecular weight is 159 g/mol. The van der Waals surface area contributed by atoms with Gasteiger partial charge < -0.3 is 0 Å². The molecule has 8 heavy (non-hydrogen) atoms. The van der Waals surface area contributed by atoms with Gasteiger partial charge in [0.2, 0.25) is 0 Å². The van der Waals surface area contributed by atoms with E-state index in [0.29, 0.717) is 18.6 Å². The molecule has 0 radical (unpaired) electrons. The highest BCUT2D eigenvalue weighted by Crippen LogP contribution is 1.82. The number of carbonyl (C=O) groups excluding carboxylic acids is 1. The second-order valence-corrected chi connectivity index (χ2v) is 1.25. The number of Topliss-reactive ketones (excluding diaryl/α,β-unsaturated/α-hetero) is 1. The molecule has 0 saturated carbocycles. The Morgan fingerprint density at radius 3 is 1.38 bits per heavy atom. The molecule has 0 aromatic carbocycles. The first-order valence-electron chi connectivity index (χ1n) is 2.33. The molecule has 0 heterocycles.